The Morgan fingerprint density at radius 3 is 2.60 bits per heavy atom. The first-order valence-corrected chi connectivity index (χ1v) is 9.48. The van der Waals surface area contributed by atoms with E-state index in [0.29, 0.717) is 0 Å². The van der Waals surface area contributed by atoms with Gasteiger partial charge in [-0.2, -0.15) is 0 Å². The Hall–Kier alpha value is -0.563. The second-order valence-electron chi connectivity index (χ2n) is 4.82. The molecule has 3 heteroatoms. The van der Waals surface area contributed by atoms with Crippen molar-refractivity contribution in [1.82, 2.24) is 0 Å². The minimum Gasteiger partial charge on any atom is -0.393 e. The second kappa shape index (κ2) is 4.98. The van der Waals surface area contributed by atoms with Gasteiger partial charge in [0.2, 0.25) is 0 Å². The van der Waals surface area contributed by atoms with Gasteiger partial charge in [0.15, 0.2) is 0 Å². The van der Waals surface area contributed by atoms with Crippen LogP contribution in [0.2, 0.25) is 19.6 Å². The Morgan fingerprint density at radius 1 is 1.40 bits per heavy atom. The fourth-order valence-electron chi connectivity index (χ4n) is 1.10. The standard InChI is InChI=1S/C12H18OSSi/c1-10(13)9-12-6-5-11(14-12)7-8-15(2,3)4/h5-6,10,13H,9H2,1-4H3. The van der Waals surface area contributed by atoms with E-state index in [1.807, 2.05) is 6.92 Å². The second-order valence-corrected chi connectivity index (χ2v) is 10.7. The van der Waals surface area contributed by atoms with Gasteiger partial charge < -0.3 is 5.11 Å². The molecule has 0 aliphatic rings. The van der Waals surface area contributed by atoms with Crippen molar-refractivity contribution < 1.29 is 5.11 Å². The van der Waals surface area contributed by atoms with Gasteiger partial charge in [0.05, 0.1) is 11.0 Å². The number of thiophene rings is 1. The molecular formula is C12H18OSSi. The summed E-state index contributed by atoms with van der Waals surface area (Å²) in [6.45, 7) is 8.53. The predicted octanol–water partition coefficient (Wildman–Crippen LogP) is 2.90. The molecule has 1 nitrogen and oxygen atoms in total. The number of aliphatic hydroxyl groups is 1. The van der Waals surface area contributed by atoms with E-state index in [-0.39, 0.29) is 6.10 Å². The predicted molar refractivity (Wildman–Crippen MR) is 69.9 cm³/mol. The first kappa shape index (κ1) is 12.5. The molecule has 1 aromatic rings. The zero-order valence-corrected chi connectivity index (χ0v) is 11.6. The van der Waals surface area contributed by atoms with E-state index in [2.05, 4.69) is 43.2 Å². The van der Waals surface area contributed by atoms with Crippen LogP contribution >= 0.6 is 11.3 Å². The molecule has 0 aliphatic heterocycles. The lowest BCUT2D eigenvalue weighted by Crippen LogP contribution is -2.16. The number of hydrogen-bond acceptors (Lipinski definition) is 2. The molecule has 0 aliphatic carbocycles. The van der Waals surface area contributed by atoms with Gasteiger partial charge in [-0.15, -0.1) is 16.9 Å². The summed E-state index contributed by atoms with van der Waals surface area (Å²) < 4.78 is 0. The molecule has 1 aromatic heterocycles. The van der Waals surface area contributed by atoms with Crippen molar-refractivity contribution in [3.63, 3.8) is 0 Å². The third-order valence-electron chi connectivity index (χ3n) is 1.72. The molecule has 0 aromatic carbocycles. The molecular weight excluding hydrogens is 220 g/mol. The summed E-state index contributed by atoms with van der Waals surface area (Å²) in [5.41, 5.74) is 3.34. The summed E-state index contributed by atoms with van der Waals surface area (Å²) in [6, 6.07) is 4.11. The topological polar surface area (TPSA) is 20.2 Å². The monoisotopic (exact) mass is 238 g/mol. The van der Waals surface area contributed by atoms with E-state index >= 15 is 0 Å². The molecule has 0 amide bonds. The van der Waals surface area contributed by atoms with E-state index in [4.69, 9.17) is 0 Å². The first-order valence-electron chi connectivity index (χ1n) is 5.17. The van der Waals surface area contributed by atoms with Crippen LogP contribution in [0.15, 0.2) is 12.1 Å². The van der Waals surface area contributed by atoms with Gasteiger partial charge in [0, 0.05) is 11.3 Å². The first-order chi connectivity index (χ1) is 6.87. The smallest absolute Gasteiger partial charge is 0.129 e. The SMILES string of the molecule is CC(O)Cc1ccc(C#C[Si](C)(C)C)s1. The fraction of sp³-hybridized carbons (Fsp3) is 0.500. The lowest BCUT2D eigenvalue weighted by molar-refractivity contribution is 0.196. The maximum absolute atomic E-state index is 9.25. The van der Waals surface area contributed by atoms with Crippen molar-refractivity contribution in [2.24, 2.45) is 0 Å². The van der Waals surface area contributed by atoms with Crippen LogP contribution < -0.4 is 0 Å². The van der Waals surface area contributed by atoms with Crippen LogP contribution in [0.4, 0.5) is 0 Å². The summed E-state index contributed by atoms with van der Waals surface area (Å²) in [4.78, 5) is 2.33. The van der Waals surface area contributed by atoms with Crippen molar-refractivity contribution in [3.8, 4) is 11.5 Å². The van der Waals surface area contributed by atoms with Crippen molar-refractivity contribution in [3.05, 3.63) is 21.9 Å². The normalized spacial score (nSPS) is 13.1. The summed E-state index contributed by atoms with van der Waals surface area (Å²) in [5.74, 6) is 3.23. The van der Waals surface area contributed by atoms with E-state index in [9.17, 15) is 5.11 Å². The highest BCUT2D eigenvalue weighted by molar-refractivity contribution is 7.12. The number of aliphatic hydroxyl groups excluding tert-OH is 1. The molecule has 0 fully saturated rings. The molecule has 1 atom stereocenters. The van der Waals surface area contributed by atoms with Gasteiger partial charge in [-0.25, -0.2) is 0 Å². The Bertz CT molecular complexity index is 376. The molecule has 1 heterocycles. The molecule has 0 saturated heterocycles. The van der Waals surface area contributed by atoms with E-state index in [1.54, 1.807) is 11.3 Å². The Morgan fingerprint density at radius 2 is 2.07 bits per heavy atom. The van der Waals surface area contributed by atoms with E-state index in [0.717, 1.165) is 11.3 Å². The Balaban J connectivity index is 2.71. The summed E-state index contributed by atoms with van der Waals surface area (Å²) >= 11 is 1.69. The molecule has 0 bridgehead atoms. The van der Waals surface area contributed by atoms with E-state index in [1.165, 1.54) is 4.88 Å². The van der Waals surface area contributed by atoms with Crippen LogP contribution in [0.3, 0.4) is 0 Å². The number of hydrogen-bond donors (Lipinski definition) is 1. The third-order valence-corrected chi connectivity index (χ3v) is 3.62. The highest BCUT2D eigenvalue weighted by atomic mass is 32.1. The maximum Gasteiger partial charge on any atom is 0.129 e. The Labute approximate surface area is 97.2 Å². The average molecular weight is 238 g/mol. The highest BCUT2D eigenvalue weighted by Crippen LogP contribution is 2.17. The lowest BCUT2D eigenvalue weighted by Gasteiger charge is -2.02. The molecule has 0 spiro atoms. The van der Waals surface area contributed by atoms with Crippen LogP contribution in [-0.2, 0) is 6.42 Å². The zero-order valence-electron chi connectivity index (χ0n) is 9.79. The summed E-state index contributed by atoms with van der Waals surface area (Å²) in [7, 11) is -1.27. The average Bonchev–Trinajstić information content (AvgIpc) is 2.46. The molecule has 0 saturated carbocycles. The van der Waals surface area contributed by atoms with Crippen molar-refractivity contribution >= 4 is 19.4 Å². The molecule has 1 unspecified atom stereocenters. The van der Waals surface area contributed by atoms with Gasteiger partial charge in [-0.05, 0) is 19.1 Å². The van der Waals surface area contributed by atoms with Gasteiger partial charge in [0.1, 0.15) is 8.07 Å². The largest absolute Gasteiger partial charge is 0.393 e. The summed E-state index contributed by atoms with van der Waals surface area (Å²) in [5, 5.41) is 9.25. The van der Waals surface area contributed by atoms with Crippen LogP contribution in [0.1, 0.15) is 16.7 Å². The molecule has 1 rings (SSSR count). The fourth-order valence-corrected chi connectivity index (χ4v) is 2.68. The van der Waals surface area contributed by atoms with Gasteiger partial charge in [-0.3, -0.25) is 0 Å². The van der Waals surface area contributed by atoms with Crippen molar-refractivity contribution in [2.45, 2.75) is 39.1 Å². The minimum absolute atomic E-state index is 0.263. The van der Waals surface area contributed by atoms with Gasteiger partial charge in [0.25, 0.3) is 0 Å². The Kier molecular flexibility index (Phi) is 4.15. The van der Waals surface area contributed by atoms with Gasteiger partial charge >= 0.3 is 0 Å². The van der Waals surface area contributed by atoms with Gasteiger partial charge in [-0.1, -0.05) is 25.6 Å². The maximum atomic E-state index is 9.25. The molecule has 1 N–H and O–H groups in total. The zero-order chi connectivity index (χ0) is 11.5. The van der Waals surface area contributed by atoms with E-state index < -0.39 is 8.07 Å². The molecule has 0 radical (unpaired) electrons. The molecule has 82 valence electrons. The van der Waals surface area contributed by atoms with Crippen LogP contribution in [0.5, 0.6) is 0 Å². The van der Waals surface area contributed by atoms with Crippen molar-refractivity contribution in [1.29, 1.82) is 0 Å². The minimum atomic E-state index is -1.27. The highest BCUT2D eigenvalue weighted by Gasteiger charge is 2.08. The van der Waals surface area contributed by atoms with Crippen LogP contribution in [0, 0.1) is 11.5 Å². The lowest BCUT2D eigenvalue weighted by atomic mass is 10.2. The van der Waals surface area contributed by atoms with Crippen LogP contribution in [0.25, 0.3) is 0 Å². The number of rotatable bonds is 2. The van der Waals surface area contributed by atoms with Crippen LogP contribution in [-0.4, -0.2) is 19.3 Å². The quantitative estimate of drug-likeness (QED) is 0.620. The summed E-state index contributed by atoms with van der Waals surface area (Å²) in [6.07, 6.45) is 0.473. The van der Waals surface area contributed by atoms with Crippen molar-refractivity contribution in [2.75, 3.05) is 0 Å². The third kappa shape index (κ3) is 5.17. The molecule has 15 heavy (non-hydrogen) atoms.